The summed E-state index contributed by atoms with van der Waals surface area (Å²) in [5, 5.41) is 3.38. The Morgan fingerprint density at radius 1 is 1.43 bits per heavy atom. The molecule has 0 heterocycles. The van der Waals surface area contributed by atoms with E-state index in [4.69, 9.17) is 0 Å². The summed E-state index contributed by atoms with van der Waals surface area (Å²) in [5.74, 6) is 0.388. The lowest BCUT2D eigenvalue weighted by molar-refractivity contribution is -0.141. The number of carbonyl (C=O) groups excluding carboxylic acids is 1. The molecule has 0 fully saturated rings. The van der Waals surface area contributed by atoms with Crippen molar-refractivity contribution in [1.82, 2.24) is 5.32 Å². The molecule has 0 aliphatic rings. The number of rotatable bonds is 7. The van der Waals surface area contributed by atoms with Crippen molar-refractivity contribution >= 4 is 5.97 Å². The van der Waals surface area contributed by atoms with E-state index in [1.807, 2.05) is 0 Å². The molecule has 0 rings (SSSR count). The largest absolute Gasteiger partial charge is 0.469 e. The van der Waals surface area contributed by atoms with Gasteiger partial charge in [0.15, 0.2) is 0 Å². The van der Waals surface area contributed by atoms with Crippen molar-refractivity contribution in [2.45, 2.75) is 46.1 Å². The second-order valence-corrected chi connectivity index (χ2v) is 3.73. The first kappa shape index (κ1) is 13.4. The molecular weight excluding hydrogens is 178 g/mol. The predicted octanol–water partition coefficient (Wildman–Crippen LogP) is 1.96. The van der Waals surface area contributed by atoms with Crippen LogP contribution in [0.3, 0.4) is 0 Å². The van der Waals surface area contributed by atoms with Crippen LogP contribution in [-0.2, 0) is 9.53 Å². The fourth-order valence-electron chi connectivity index (χ4n) is 1.35. The Balaban J connectivity index is 4.02. The van der Waals surface area contributed by atoms with Gasteiger partial charge in [0.1, 0.15) is 0 Å². The van der Waals surface area contributed by atoms with Crippen LogP contribution in [0.5, 0.6) is 0 Å². The summed E-state index contributed by atoms with van der Waals surface area (Å²) < 4.78 is 4.68. The van der Waals surface area contributed by atoms with Gasteiger partial charge in [0.05, 0.1) is 13.5 Å². The average molecular weight is 201 g/mol. The fourth-order valence-corrected chi connectivity index (χ4v) is 1.35. The standard InChI is InChI=1S/C11H23NO2/c1-5-7-12-10(9(3)6-2)8-11(13)14-4/h9-10,12H,5-8H2,1-4H3. The van der Waals surface area contributed by atoms with Crippen LogP contribution in [0.4, 0.5) is 0 Å². The zero-order chi connectivity index (χ0) is 11.0. The van der Waals surface area contributed by atoms with Gasteiger partial charge in [0.25, 0.3) is 0 Å². The van der Waals surface area contributed by atoms with Crippen molar-refractivity contribution in [2.24, 2.45) is 5.92 Å². The number of hydrogen-bond donors (Lipinski definition) is 1. The Bertz CT molecular complexity index is 159. The molecule has 0 saturated heterocycles. The van der Waals surface area contributed by atoms with Gasteiger partial charge in [-0.1, -0.05) is 27.2 Å². The minimum Gasteiger partial charge on any atom is -0.469 e. The van der Waals surface area contributed by atoms with Crippen molar-refractivity contribution in [2.75, 3.05) is 13.7 Å². The third-order valence-corrected chi connectivity index (χ3v) is 2.60. The summed E-state index contributed by atoms with van der Waals surface area (Å²) in [4.78, 5) is 11.1. The Morgan fingerprint density at radius 3 is 2.50 bits per heavy atom. The van der Waals surface area contributed by atoms with E-state index in [1.54, 1.807) is 0 Å². The van der Waals surface area contributed by atoms with Crippen LogP contribution in [0.2, 0.25) is 0 Å². The van der Waals surface area contributed by atoms with Gasteiger partial charge in [-0.05, 0) is 18.9 Å². The van der Waals surface area contributed by atoms with Gasteiger partial charge in [0, 0.05) is 6.04 Å². The molecule has 3 nitrogen and oxygen atoms in total. The van der Waals surface area contributed by atoms with E-state index in [0.717, 1.165) is 19.4 Å². The lowest BCUT2D eigenvalue weighted by Crippen LogP contribution is -2.37. The highest BCUT2D eigenvalue weighted by atomic mass is 16.5. The number of carbonyl (C=O) groups is 1. The molecular formula is C11H23NO2. The first-order chi connectivity index (χ1) is 6.65. The number of methoxy groups -OCH3 is 1. The van der Waals surface area contributed by atoms with Crippen LogP contribution in [0.1, 0.15) is 40.0 Å². The van der Waals surface area contributed by atoms with E-state index >= 15 is 0 Å². The summed E-state index contributed by atoms with van der Waals surface area (Å²) >= 11 is 0. The molecule has 3 heteroatoms. The number of nitrogens with one attached hydrogen (secondary N) is 1. The van der Waals surface area contributed by atoms with E-state index < -0.39 is 0 Å². The molecule has 2 unspecified atom stereocenters. The monoisotopic (exact) mass is 201 g/mol. The third-order valence-electron chi connectivity index (χ3n) is 2.60. The molecule has 0 aliphatic heterocycles. The number of esters is 1. The molecule has 0 amide bonds. The molecule has 0 bridgehead atoms. The van der Waals surface area contributed by atoms with Gasteiger partial charge in [-0.25, -0.2) is 0 Å². The summed E-state index contributed by atoms with van der Waals surface area (Å²) in [6.45, 7) is 7.39. The molecule has 1 N–H and O–H groups in total. The molecule has 0 aromatic heterocycles. The maximum atomic E-state index is 11.1. The molecule has 14 heavy (non-hydrogen) atoms. The molecule has 2 atom stereocenters. The fraction of sp³-hybridized carbons (Fsp3) is 0.909. The molecule has 0 aliphatic carbocycles. The van der Waals surface area contributed by atoms with Gasteiger partial charge in [0.2, 0.25) is 0 Å². The van der Waals surface area contributed by atoms with Crippen LogP contribution >= 0.6 is 0 Å². The average Bonchev–Trinajstić information content (AvgIpc) is 2.22. The minimum atomic E-state index is -0.126. The minimum absolute atomic E-state index is 0.126. The highest BCUT2D eigenvalue weighted by Crippen LogP contribution is 2.11. The summed E-state index contributed by atoms with van der Waals surface area (Å²) in [6, 6.07) is 0.257. The van der Waals surface area contributed by atoms with E-state index in [9.17, 15) is 4.79 Å². The maximum absolute atomic E-state index is 11.1. The van der Waals surface area contributed by atoms with Gasteiger partial charge >= 0.3 is 5.97 Å². The lowest BCUT2D eigenvalue weighted by atomic mass is 9.96. The smallest absolute Gasteiger partial charge is 0.307 e. The highest BCUT2D eigenvalue weighted by Gasteiger charge is 2.18. The van der Waals surface area contributed by atoms with Gasteiger partial charge in [-0.15, -0.1) is 0 Å². The maximum Gasteiger partial charge on any atom is 0.307 e. The molecule has 0 aromatic carbocycles. The lowest BCUT2D eigenvalue weighted by Gasteiger charge is -2.23. The third kappa shape index (κ3) is 5.22. The van der Waals surface area contributed by atoms with Crippen molar-refractivity contribution in [3.8, 4) is 0 Å². The van der Waals surface area contributed by atoms with Crippen LogP contribution in [0.25, 0.3) is 0 Å². The Labute approximate surface area is 87.2 Å². The van der Waals surface area contributed by atoms with E-state index in [0.29, 0.717) is 12.3 Å². The predicted molar refractivity (Wildman–Crippen MR) is 58.2 cm³/mol. The Morgan fingerprint density at radius 2 is 2.07 bits per heavy atom. The molecule has 0 aromatic rings. The van der Waals surface area contributed by atoms with E-state index in [-0.39, 0.29) is 12.0 Å². The quantitative estimate of drug-likeness (QED) is 0.640. The zero-order valence-electron chi connectivity index (χ0n) is 9.80. The van der Waals surface area contributed by atoms with Crippen molar-refractivity contribution in [1.29, 1.82) is 0 Å². The first-order valence-electron chi connectivity index (χ1n) is 5.45. The highest BCUT2D eigenvalue weighted by molar-refractivity contribution is 5.69. The Hall–Kier alpha value is -0.570. The number of ether oxygens (including phenoxy) is 1. The van der Waals surface area contributed by atoms with Crippen LogP contribution in [-0.4, -0.2) is 25.7 Å². The second kappa shape index (κ2) is 7.80. The first-order valence-corrected chi connectivity index (χ1v) is 5.45. The van der Waals surface area contributed by atoms with Crippen molar-refractivity contribution < 1.29 is 9.53 Å². The van der Waals surface area contributed by atoms with E-state index in [2.05, 4.69) is 30.8 Å². The van der Waals surface area contributed by atoms with Crippen LogP contribution < -0.4 is 5.32 Å². The van der Waals surface area contributed by atoms with Crippen LogP contribution in [0.15, 0.2) is 0 Å². The molecule has 0 spiro atoms. The molecule has 0 saturated carbocycles. The summed E-state index contributed by atoms with van der Waals surface area (Å²) in [7, 11) is 1.44. The van der Waals surface area contributed by atoms with Crippen molar-refractivity contribution in [3.05, 3.63) is 0 Å². The molecule has 0 radical (unpaired) electrons. The summed E-state index contributed by atoms with van der Waals surface area (Å²) in [5.41, 5.74) is 0. The van der Waals surface area contributed by atoms with Gasteiger partial charge in [-0.2, -0.15) is 0 Å². The SMILES string of the molecule is CCCNC(CC(=O)OC)C(C)CC. The van der Waals surface area contributed by atoms with Gasteiger partial charge < -0.3 is 10.1 Å². The Kier molecular flexibility index (Phi) is 7.48. The van der Waals surface area contributed by atoms with Gasteiger partial charge in [-0.3, -0.25) is 4.79 Å². The summed E-state index contributed by atoms with van der Waals surface area (Å²) in [6.07, 6.45) is 2.65. The van der Waals surface area contributed by atoms with E-state index in [1.165, 1.54) is 7.11 Å². The second-order valence-electron chi connectivity index (χ2n) is 3.73. The topological polar surface area (TPSA) is 38.3 Å². The zero-order valence-corrected chi connectivity index (χ0v) is 9.80. The van der Waals surface area contributed by atoms with Crippen LogP contribution in [0, 0.1) is 5.92 Å². The molecule has 84 valence electrons. The normalized spacial score (nSPS) is 14.9. The number of hydrogen-bond acceptors (Lipinski definition) is 3. The van der Waals surface area contributed by atoms with Crippen molar-refractivity contribution in [3.63, 3.8) is 0 Å².